The monoisotopic (exact) mass is 1020 g/mol. The summed E-state index contributed by atoms with van der Waals surface area (Å²) >= 11 is 6.82. The molecular weight excluding hydrogens is 980 g/mol. The smallest absolute Gasteiger partial charge is 0.338 e. The van der Waals surface area contributed by atoms with E-state index >= 15 is 0 Å². The van der Waals surface area contributed by atoms with Gasteiger partial charge in [-0.3, -0.25) is 45.3 Å². The lowest BCUT2D eigenvalue weighted by Crippen LogP contribution is -2.67. The Hall–Kier alpha value is -8.99. The minimum Gasteiger partial charge on any atom is -0.494 e. The largest absolute Gasteiger partial charge is 0.494 e. The maximum absolute atomic E-state index is 14.5. The topological polar surface area (TPSA) is 296 Å². The highest BCUT2D eigenvalue weighted by Gasteiger charge is 2.72. The summed E-state index contributed by atoms with van der Waals surface area (Å²) < 4.78 is 37.8. The van der Waals surface area contributed by atoms with Gasteiger partial charge in [-0.1, -0.05) is 29.8 Å². The number of halogens is 1. The molecule has 2 heterocycles. The van der Waals surface area contributed by atoms with Crippen molar-refractivity contribution in [3.63, 3.8) is 0 Å². The first-order valence-electron chi connectivity index (χ1n) is 21.9. The first-order valence-corrected chi connectivity index (χ1v) is 22.3. The Morgan fingerprint density at radius 1 is 0.589 bits per heavy atom. The number of ketones is 1. The molecule has 2 bridgehead atoms. The second-order valence-electron chi connectivity index (χ2n) is 16.5. The van der Waals surface area contributed by atoms with Crippen LogP contribution in [0.2, 0.25) is 5.02 Å². The van der Waals surface area contributed by atoms with Gasteiger partial charge < -0.3 is 28.4 Å². The summed E-state index contributed by atoms with van der Waals surface area (Å²) in [4.78, 5) is 101. The van der Waals surface area contributed by atoms with E-state index in [2.05, 4.69) is 0 Å². The molecule has 23 heteroatoms. The molecular formula is C50H37ClN4O18. The Morgan fingerprint density at radius 3 is 1.48 bits per heavy atom. The minimum absolute atomic E-state index is 0.0560. The molecule has 2 fully saturated rings. The van der Waals surface area contributed by atoms with Crippen LogP contribution in [0.3, 0.4) is 0 Å². The molecule has 0 spiro atoms. The van der Waals surface area contributed by atoms with Crippen LogP contribution in [-0.2, 0) is 35.9 Å². The number of carbonyl (C=O) groups is 4. The maximum atomic E-state index is 14.5. The third-order valence-electron chi connectivity index (χ3n) is 12.0. The van der Waals surface area contributed by atoms with Crippen molar-refractivity contribution in [1.82, 2.24) is 0 Å². The summed E-state index contributed by atoms with van der Waals surface area (Å²) in [7, 11) is 0. The molecule has 6 aromatic rings. The molecule has 0 saturated carbocycles. The van der Waals surface area contributed by atoms with Crippen LogP contribution in [0.25, 0.3) is 0 Å². The van der Waals surface area contributed by atoms with Crippen molar-refractivity contribution in [2.75, 3.05) is 13.2 Å². The maximum Gasteiger partial charge on any atom is 0.338 e. The van der Waals surface area contributed by atoms with Gasteiger partial charge in [0.15, 0.2) is 18.0 Å². The van der Waals surface area contributed by atoms with Gasteiger partial charge >= 0.3 is 17.9 Å². The van der Waals surface area contributed by atoms with Crippen LogP contribution in [0, 0.1) is 40.5 Å². The van der Waals surface area contributed by atoms with Crippen LogP contribution in [0.5, 0.6) is 5.75 Å². The Labute approximate surface area is 416 Å². The van der Waals surface area contributed by atoms with E-state index in [9.17, 15) is 59.6 Å². The van der Waals surface area contributed by atoms with Gasteiger partial charge in [-0.25, -0.2) is 14.4 Å². The molecule has 2 aliphatic rings. The number of hydrogen-bond donors (Lipinski definition) is 0. The zero-order chi connectivity index (χ0) is 52.2. The molecule has 0 aliphatic carbocycles. The predicted octanol–water partition coefficient (Wildman–Crippen LogP) is 8.86. The molecule has 22 nitrogen and oxygen atoms in total. The molecule has 2 saturated heterocycles. The standard InChI is InChI=1S/C50H37ClN4O18/c1-2-68-40-22-3-29(4-23-40)25-34-26-35(13-24-41(34)51)50-45(72-48(59)33-11-20-39(21-12-33)55(66)67)43(70-46(57)31-7-16-37(17-8-31)53(62)63)44(71-47(58)32-9-18-38(19-10-32)54(64)65)49(73-50,28-69-50)27-42(56)30-5-14-36(15-6-30)52(60)61/h3-24,26,43-45H,2,25,27-28H2,1H3/t43-,44-,45+,49-,50-/m0/s1. The van der Waals surface area contributed by atoms with Crippen molar-refractivity contribution < 1.29 is 67.3 Å². The number of hydrogen-bond acceptors (Lipinski definition) is 18. The van der Waals surface area contributed by atoms with Crippen molar-refractivity contribution in [2.45, 2.75) is 49.5 Å². The molecule has 0 amide bonds. The third-order valence-corrected chi connectivity index (χ3v) is 12.3. The number of Topliss-reactive ketones (excluding diaryl/α,β-unsaturated/α-hetero) is 1. The summed E-state index contributed by atoms with van der Waals surface area (Å²) in [6.07, 6.45) is -6.76. The normalized spacial score (nSPS) is 19.7. The first kappa shape index (κ1) is 50.4. The van der Waals surface area contributed by atoms with E-state index in [0.29, 0.717) is 17.9 Å². The van der Waals surface area contributed by atoms with Crippen LogP contribution < -0.4 is 4.74 Å². The number of nitro benzene ring substituents is 4. The molecule has 372 valence electrons. The van der Waals surface area contributed by atoms with Gasteiger partial charge in [-0.15, -0.1) is 0 Å². The van der Waals surface area contributed by atoms with Gasteiger partial charge in [0.2, 0.25) is 11.9 Å². The minimum atomic E-state index is -2.43. The molecule has 2 aliphatic heterocycles. The summed E-state index contributed by atoms with van der Waals surface area (Å²) in [5.41, 5.74) is -3.42. The van der Waals surface area contributed by atoms with E-state index in [1.165, 1.54) is 24.3 Å². The van der Waals surface area contributed by atoms with E-state index in [1.807, 2.05) is 6.92 Å². The number of nitro groups is 4. The number of carbonyl (C=O) groups excluding carboxylic acids is 4. The van der Waals surface area contributed by atoms with E-state index in [4.69, 9.17) is 40.0 Å². The van der Waals surface area contributed by atoms with E-state index in [-0.39, 0.29) is 50.6 Å². The Bertz CT molecular complexity index is 3160. The molecule has 8 rings (SSSR count). The average molecular weight is 1020 g/mol. The Balaban J connectivity index is 1.32. The number of benzene rings is 6. The third kappa shape index (κ3) is 10.6. The van der Waals surface area contributed by atoms with Crippen LogP contribution >= 0.6 is 11.6 Å². The van der Waals surface area contributed by atoms with Gasteiger partial charge in [0.1, 0.15) is 11.4 Å². The highest BCUT2D eigenvalue weighted by molar-refractivity contribution is 6.31. The molecule has 6 aromatic carbocycles. The van der Waals surface area contributed by atoms with Crippen LogP contribution in [0.15, 0.2) is 140 Å². The summed E-state index contributed by atoms with van der Waals surface area (Å²) in [5.74, 6) is -6.23. The predicted molar refractivity (Wildman–Crippen MR) is 252 cm³/mol. The second-order valence-corrected chi connectivity index (χ2v) is 16.9. The van der Waals surface area contributed by atoms with E-state index < -0.39 is 97.5 Å². The molecule has 0 N–H and O–H groups in total. The average Bonchev–Trinajstić information content (AvgIpc) is 3.74. The fraction of sp³-hybridized carbons (Fsp3) is 0.200. The van der Waals surface area contributed by atoms with Gasteiger partial charge in [-0.05, 0) is 97.3 Å². The van der Waals surface area contributed by atoms with Crippen molar-refractivity contribution in [3.05, 3.63) is 224 Å². The lowest BCUT2D eigenvalue weighted by molar-refractivity contribution is -0.385. The molecule has 5 atom stereocenters. The van der Waals surface area contributed by atoms with Crippen molar-refractivity contribution in [2.24, 2.45) is 0 Å². The lowest BCUT2D eigenvalue weighted by Gasteiger charge is -2.49. The van der Waals surface area contributed by atoms with Crippen LogP contribution in [-0.4, -0.2) is 80.5 Å². The van der Waals surface area contributed by atoms with Gasteiger partial charge in [0, 0.05) is 71.1 Å². The first-order chi connectivity index (χ1) is 34.9. The van der Waals surface area contributed by atoms with Gasteiger partial charge in [-0.2, -0.15) is 0 Å². The Morgan fingerprint density at radius 2 is 1.03 bits per heavy atom. The second kappa shape index (κ2) is 20.8. The number of fused-ring (bicyclic) bond motifs is 2. The highest BCUT2D eigenvalue weighted by Crippen LogP contribution is 2.55. The number of nitrogens with zero attached hydrogens (tertiary/aromatic N) is 4. The van der Waals surface area contributed by atoms with E-state index in [1.54, 1.807) is 30.3 Å². The summed E-state index contributed by atoms with van der Waals surface area (Å²) in [6.45, 7) is 1.56. The van der Waals surface area contributed by atoms with Gasteiger partial charge in [0.05, 0.1) is 49.6 Å². The molecule has 0 radical (unpaired) electrons. The van der Waals surface area contributed by atoms with Crippen molar-refractivity contribution >= 4 is 58.0 Å². The molecule has 0 unspecified atom stereocenters. The Kier molecular flexibility index (Phi) is 14.3. The highest BCUT2D eigenvalue weighted by atomic mass is 35.5. The molecule has 0 aromatic heterocycles. The summed E-state index contributed by atoms with van der Waals surface area (Å²) in [5, 5.41) is 46.4. The van der Waals surface area contributed by atoms with Crippen LogP contribution in [0.1, 0.15) is 71.5 Å². The number of esters is 3. The SMILES string of the molecule is CCOc1ccc(Cc2cc([C@]34OC[C@](CC(=O)c5ccc([N+](=O)[O-])cc5)(O3)[C@@H](OC(=O)c3ccc([N+](=O)[O-])cc3)[C@H](OC(=O)c3ccc([N+](=O)[O-])cc3)[C@H]4OC(=O)c3ccc([N+](=O)[O-])cc3)ccc2Cl)cc1. The van der Waals surface area contributed by atoms with Gasteiger partial charge in [0.25, 0.3) is 22.7 Å². The quantitative estimate of drug-likeness (QED) is 0.0255. The number of ether oxygens (including phenoxy) is 6. The lowest BCUT2D eigenvalue weighted by atomic mass is 9.79. The fourth-order valence-electron chi connectivity index (χ4n) is 8.36. The van der Waals surface area contributed by atoms with E-state index in [0.717, 1.165) is 90.5 Å². The zero-order valence-corrected chi connectivity index (χ0v) is 38.6. The zero-order valence-electron chi connectivity index (χ0n) is 37.9. The summed E-state index contributed by atoms with van der Waals surface area (Å²) in [6, 6.07) is 28.6. The fourth-order valence-corrected chi connectivity index (χ4v) is 8.54. The van der Waals surface area contributed by atoms with Crippen LogP contribution in [0.4, 0.5) is 22.7 Å². The number of rotatable bonds is 18. The van der Waals surface area contributed by atoms with Crippen molar-refractivity contribution in [1.29, 1.82) is 0 Å². The van der Waals surface area contributed by atoms with Crippen molar-refractivity contribution in [3.8, 4) is 5.75 Å². The number of non-ortho nitro benzene ring substituents is 4. The molecule has 73 heavy (non-hydrogen) atoms.